The lowest BCUT2D eigenvalue weighted by molar-refractivity contribution is -0.187. The highest BCUT2D eigenvalue weighted by Crippen LogP contribution is 2.43. The number of halogens is 4. The molecule has 0 spiro atoms. The van der Waals surface area contributed by atoms with E-state index in [0.717, 1.165) is 6.07 Å². The minimum atomic E-state index is -4.18. The molecule has 2 aromatic carbocycles. The third kappa shape index (κ3) is 4.35. The Balaban J connectivity index is 1.77. The van der Waals surface area contributed by atoms with E-state index in [1.165, 1.54) is 17.0 Å². The number of carbonyl (C=O) groups is 1. The zero-order valence-electron chi connectivity index (χ0n) is 21.3. The van der Waals surface area contributed by atoms with Crippen LogP contribution in [0, 0.1) is 12.7 Å². The molecule has 4 rings (SSSR count). The summed E-state index contributed by atoms with van der Waals surface area (Å²) in [6, 6.07) is 5.84. The number of carbonyl (C=O) groups excluding carboxylic acids is 1. The van der Waals surface area contributed by atoms with Crippen molar-refractivity contribution in [2.45, 2.75) is 57.8 Å². The number of likely N-dealkylation sites (N-methyl/N-ethyl adjacent to an activating group) is 1. The maximum atomic E-state index is 15.3. The summed E-state index contributed by atoms with van der Waals surface area (Å²) in [7, 11) is 1.62. The molecule has 37 heavy (non-hydrogen) atoms. The maximum Gasteiger partial charge on any atom is 0.306 e. The van der Waals surface area contributed by atoms with Gasteiger partial charge in [-0.2, -0.15) is 8.78 Å². The van der Waals surface area contributed by atoms with Crippen LogP contribution in [0.2, 0.25) is 0 Å². The number of anilines is 2. The second kappa shape index (κ2) is 8.83. The van der Waals surface area contributed by atoms with Gasteiger partial charge in [0.15, 0.2) is 11.2 Å². The van der Waals surface area contributed by atoms with E-state index in [-0.39, 0.29) is 17.3 Å². The van der Waals surface area contributed by atoms with Crippen LogP contribution in [-0.2, 0) is 10.7 Å². The van der Waals surface area contributed by atoms with Gasteiger partial charge < -0.3 is 20.1 Å². The summed E-state index contributed by atoms with van der Waals surface area (Å²) >= 11 is 0. The largest absolute Gasteiger partial charge is 0.476 e. The molecule has 1 aliphatic heterocycles. The molecule has 198 valence electrons. The van der Waals surface area contributed by atoms with Gasteiger partial charge in [-0.05, 0) is 46.8 Å². The average Bonchev–Trinajstić information content (AvgIpc) is 2.81. The zero-order valence-corrected chi connectivity index (χ0v) is 21.3. The number of fused-ring (bicyclic) bond motifs is 2. The number of nitrogens with zero attached hydrogens (tertiary/aromatic N) is 3. The smallest absolute Gasteiger partial charge is 0.306 e. The predicted octanol–water partition coefficient (Wildman–Crippen LogP) is 5.20. The summed E-state index contributed by atoms with van der Waals surface area (Å²) in [4.78, 5) is 23.0. The first kappa shape index (κ1) is 26.6. The molecule has 2 heterocycles. The van der Waals surface area contributed by atoms with Crippen LogP contribution >= 0.6 is 0 Å². The summed E-state index contributed by atoms with van der Waals surface area (Å²) in [6.07, 6.45) is 0. The molecule has 1 amide bonds. The average molecular weight is 521 g/mol. The third-order valence-corrected chi connectivity index (χ3v) is 6.56. The molecule has 3 aromatic rings. The highest BCUT2D eigenvalue weighted by Gasteiger charge is 2.52. The zero-order chi connectivity index (χ0) is 27.5. The molecule has 2 atom stereocenters. The summed E-state index contributed by atoms with van der Waals surface area (Å²) in [5.74, 6) is -4.56. The van der Waals surface area contributed by atoms with Gasteiger partial charge >= 0.3 is 5.92 Å². The lowest BCUT2D eigenvalue weighted by atomic mass is 9.90. The van der Waals surface area contributed by atoms with E-state index in [9.17, 15) is 23.1 Å². The number of benzene rings is 2. The van der Waals surface area contributed by atoms with Crippen LogP contribution in [0.1, 0.15) is 50.7 Å². The van der Waals surface area contributed by atoms with Crippen molar-refractivity contribution in [1.82, 2.24) is 9.97 Å². The van der Waals surface area contributed by atoms with Crippen molar-refractivity contribution in [2.24, 2.45) is 0 Å². The molecule has 0 bridgehead atoms. The van der Waals surface area contributed by atoms with Crippen molar-refractivity contribution >= 4 is 28.3 Å². The molecular formula is C26H28F4N4O3. The van der Waals surface area contributed by atoms with Gasteiger partial charge in [-0.25, -0.2) is 18.7 Å². The Morgan fingerprint density at radius 1 is 1.24 bits per heavy atom. The lowest BCUT2D eigenvalue weighted by Gasteiger charge is -2.37. The Morgan fingerprint density at radius 3 is 2.57 bits per heavy atom. The van der Waals surface area contributed by atoms with Crippen LogP contribution in [0.4, 0.5) is 29.1 Å². The highest BCUT2D eigenvalue weighted by atomic mass is 19.3. The van der Waals surface area contributed by atoms with E-state index in [1.54, 1.807) is 46.9 Å². The maximum absolute atomic E-state index is 15.3. The molecule has 0 fully saturated rings. The van der Waals surface area contributed by atoms with E-state index in [2.05, 4.69) is 15.3 Å². The van der Waals surface area contributed by atoms with Crippen LogP contribution in [0.3, 0.4) is 0 Å². The number of ether oxygens (including phenoxy) is 1. The van der Waals surface area contributed by atoms with Gasteiger partial charge in [0.1, 0.15) is 29.9 Å². The van der Waals surface area contributed by atoms with Crippen molar-refractivity contribution in [3.63, 3.8) is 0 Å². The lowest BCUT2D eigenvalue weighted by Crippen LogP contribution is -2.50. The van der Waals surface area contributed by atoms with Crippen molar-refractivity contribution in [3.05, 3.63) is 53.1 Å². The normalized spacial score (nSPS) is 17.7. The minimum Gasteiger partial charge on any atom is -0.476 e. The van der Waals surface area contributed by atoms with Crippen LogP contribution in [-0.4, -0.2) is 45.9 Å². The molecule has 0 saturated carbocycles. The van der Waals surface area contributed by atoms with Crippen molar-refractivity contribution < 1.29 is 32.2 Å². The number of aryl methyl sites for hydroxylation is 1. The Labute approximate surface area is 211 Å². The number of nitrogens with one attached hydrogen (secondary N) is 1. The van der Waals surface area contributed by atoms with Crippen molar-refractivity contribution in [1.29, 1.82) is 0 Å². The second-order valence-electron chi connectivity index (χ2n) is 9.99. The monoisotopic (exact) mass is 520 g/mol. The molecule has 1 aromatic heterocycles. The van der Waals surface area contributed by atoms with E-state index >= 15 is 4.39 Å². The number of hydrogen-bond donors (Lipinski definition) is 2. The number of rotatable bonds is 6. The number of alkyl halides is 3. The van der Waals surface area contributed by atoms with Gasteiger partial charge in [-0.15, -0.1) is 0 Å². The molecule has 11 heteroatoms. The topological polar surface area (TPSA) is 87.6 Å². The Hall–Kier alpha value is -3.47. The Bertz CT molecular complexity index is 1390. The molecular weight excluding hydrogens is 492 g/mol. The fraction of sp³-hybridized carbons (Fsp3) is 0.423. The number of hydrogen-bond acceptors (Lipinski definition) is 6. The Morgan fingerprint density at radius 2 is 1.92 bits per heavy atom. The fourth-order valence-corrected chi connectivity index (χ4v) is 4.33. The number of aromatic nitrogens is 2. The number of amides is 1. The van der Waals surface area contributed by atoms with E-state index in [4.69, 9.17) is 4.74 Å². The van der Waals surface area contributed by atoms with Crippen molar-refractivity contribution in [2.75, 3.05) is 23.9 Å². The van der Waals surface area contributed by atoms with Gasteiger partial charge in [-0.1, -0.05) is 12.1 Å². The quantitative estimate of drug-likeness (QED) is 0.435. The van der Waals surface area contributed by atoms with Gasteiger partial charge in [0, 0.05) is 24.1 Å². The first-order valence-corrected chi connectivity index (χ1v) is 11.6. The molecule has 2 N–H and O–H groups in total. The van der Waals surface area contributed by atoms with Gasteiger partial charge in [0.2, 0.25) is 0 Å². The van der Waals surface area contributed by atoms with Gasteiger partial charge in [0.25, 0.3) is 5.91 Å². The van der Waals surface area contributed by atoms with Gasteiger partial charge in [0.05, 0.1) is 22.8 Å². The van der Waals surface area contributed by atoms with Crippen LogP contribution in [0.25, 0.3) is 10.9 Å². The van der Waals surface area contributed by atoms with E-state index < -0.39 is 41.2 Å². The fourth-order valence-electron chi connectivity index (χ4n) is 4.33. The molecule has 0 radical (unpaired) electrons. The first-order valence-electron chi connectivity index (χ1n) is 11.6. The standard InChI is InChI=1S/C26H28F4N4O3/c1-13(15-8-7-9-17(21(15)28)26(29,30)25(5,36)12-27)31-22-16-10-19-20(11-18(16)32-14(2)33-22)37-24(3,4)23(35)34(19)6/h7-11,13,36H,12H2,1-6H3,(H,31,32,33)/t13-,25?/m1/s1. The van der Waals surface area contributed by atoms with Crippen molar-refractivity contribution in [3.8, 4) is 5.75 Å². The summed E-state index contributed by atoms with van der Waals surface area (Å²) in [5, 5.41) is 13.4. The summed E-state index contributed by atoms with van der Waals surface area (Å²) in [5.41, 5.74) is -4.40. The van der Waals surface area contributed by atoms with E-state index in [1.807, 2.05) is 0 Å². The molecule has 1 aliphatic rings. The second-order valence-corrected chi connectivity index (χ2v) is 9.99. The van der Waals surface area contributed by atoms with E-state index in [0.29, 0.717) is 35.1 Å². The SMILES string of the molecule is Cc1nc(N[C@H](C)c2cccc(C(F)(F)C(C)(O)CF)c2F)c2cc3c(cc2n1)OC(C)(C)C(=O)N3C. The Kier molecular flexibility index (Phi) is 6.34. The summed E-state index contributed by atoms with van der Waals surface area (Å²) < 4.78 is 63.9. The molecule has 1 unspecified atom stereocenters. The van der Waals surface area contributed by atoms with Crippen LogP contribution < -0.4 is 15.0 Å². The third-order valence-electron chi connectivity index (χ3n) is 6.56. The summed E-state index contributed by atoms with van der Waals surface area (Å²) in [6.45, 7) is 5.40. The molecule has 0 saturated heterocycles. The highest BCUT2D eigenvalue weighted by molar-refractivity contribution is 6.05. The molecule has 0 aliphatic carbocycles. The van der Waals surface area contributed by atoms with Crippen LogP contribution in [0.15, 0.2) is 30.3 Å². The number of aliphatic hydroxyl groups is 1. The minimum absolute atomic E-state index is 0.133. The van der Waals surface area contributed by atoms with Gasteiger partial charge in [-0.3, -0.25) is 4.79 Å². The van der Waals surface area contributed by atoms with Crippen LogP contribution in [0.5, 0.6) is 5.75 Å². The molecule has 7 nitrogen and oxygen atoms in total. The first-order chi connectivity index (χ1) is 17.1. The predicted molar refractivity (Wildman–Crippen MR) is 131 cm³/mol.